The Morgan fingerprint density at radius 2 is 1.78 bits per heavy atom. The van der Waals surface area contributed by atoms with E-state index >= 15 is 0 Å². The predicted octanol–water partition coefficient (Wildman–Crippen LogP) is 2.14. The Hall–Kier alpha value is -1.60. The Kier molecular flexibility index (Phi) is 7.02. The minimum absolute atomic E-state index is 0.114. The molecule has 0 fully saturated rings. The van der Waals surface area contributed by atoms with Crippen LogP contribution in [0.25, 0.3) is 0 Å². The molecule has 0 aliphatic heterocycles. The van der Waals surface area contributed by atoms with Crippen molar-refractivity contribution in [3.05, 3.63) is 24.3 Å². The molecular weight excluding hydrogens is 314 g/mol. The summed E-state index contributed by atoms with van der Waals surface area (Å²) in [6.45, 7) is 3.96. The summed E-state index contributed by atoms with van der Waals surface area (Å²) in [5.41, 5.74) is 1.75. The van der Waals surface area contributed by atoms with Crippen molar-refractivity contribution in [2.45, 2.75) is 32.7 Å². The Labute approximate surface area is 139 Å². The molecule has 0 aliphatic rings. The topological polar surface area (TPSA) is 69.7 Å². The molecule has 1 N–H and O–H groups in total. The molecule has 0 saturated heterocycles. The zero-order valence-electron chi connectivity index (χ0n) is 14.5. The lowest BCUT2D eigenvalue weighted by atomic mass is 10.2. The van der Waals surface area contributed by atoms with E-state index in [1.54, 1.807) is 0 Å². The average Bonchev–Trinajstić information content (AvgIpc) is 2.46. The molecule has 6 nitrogen and oxygen atoms in total. The first-order valence-corrected chi connectivity index (χ1v) is 9.54. The van der Waals surface area contributed by atoms with Gasteiger partial charge in [0.2, 0.25) is 15.9 Å². The molecule has 0 bridgehead atoms. The minimum atomic E-state index is -3.31. The summed E-state index contributed by atoms with van der Waals surface area (Å²) in [6, 6.07) is 7.37. The van der Waals surface area contributed by atoms with E-state index in [0.717, 1.165) is 5.69 Å². The predicted molar refractivity (Wildman–Crippen MR) is 95.3 cm³/mol. The molecule has 1 unspecified atom stereocenters. The molecule has 0 aromatic heterocycles. The summed E-state index contributed by atoms with van der Waals surface area (Å²) in [5.74, 6) is -0.195. The van der Waals surface area contributed by atoms with E-state index in [1.165, 1.54) is 10.6 Å². The molecule has 130 valence electrons. The van der Waals surface area contributed by atoms with Gasteiger partial charge in [-0.25, -0.2) is 8.42 Å². The van der Waals surface area contributed by atoms with Gasteiger partial charge in [0.05, 0.1) is 6.26 Å². The lowest BCUT2D eigenvalue weighted by Crippen LogP contribution is -2.39. The lowest BCUT2D eigenvalue weighted by Gasteiger charge is -2.25. The number of rotatable bonds is 8. The Morgan fingerprint density at radius 3 is 2.22 bits per heavy atom. The molecule has 1 aromatic carbocycles. The van der Waals surface area contributed by atoms with Crippen LogP contribution in [0.4, 0.5) is 11.4 Å². The van der Waals surface area contributed by atoms with Gasteiger partial charge in [-0.05, 0) is 37.6 Å². The van der Waals surface area contributed by atoms with E-state index < -0.39 is 10.0 Å². The summed E-state index contributed by atoms with van der Waals surface area (Å²) in [5, 5.41) is 2.79. The van der Waals surface area contributed by atoms with Gasteiger partial charge in [0.15, 0.2) is 0 Å². The Bertz CT molecular complexity index is 612. The fourth-order valence-electron chi connectivity index (χ4n) is 2.19. The Balaban J connectivity index is 2.62. The summed E-state index contributed by atoms with van der Waals surface area (Å²) in [6.07, 6.45) is 2.02. The molecule has 7 heteroatoms. The summed E-state index contributed by atoms with van der Waals surface area (Å²) in [4.78, 5) is 14.0. The molecule has 23 heavy (non-hydrogen) atoms. The van der Waals surface area contributed by atoms with Crippen molar-refractivity contribution < 1.29 is 13.2 Å². The number of carbonyl (C=O) groups is 1. The molecule has 0 heterocycles. The first kappa shape index (κ1) is 19.4. The van der Waals surface area contributed by atoms with Crippen LogP contribution in [-0.2, 0) is 14.8 Å². The minimum Gasteiger partial charge on any atom is -0.378 e. The first-order chi connectivity index (χ1) is 10.6. The van der Waals surface area contributed by atoms with Crippen LogP contribution in [0.15, 0.2) is 24.3 Å². The molecule has 1 amide bonds. The largest absolute Gasteiger partial charge is 0.378 e. The standard InChI is InChI=1S/C16H27N3O3S/c1-6-13(2)19(23(5,21)22)12-11-16(20)17-14-7-9-15(10-8-14)18(3)4/h7-10,13H,6,11-12H2,1-5H3,(H,17,20). The van der Waals surface area contributed by atoms with E-state index in [1.807, 2.05) is 57.1 Å². The van der Waals surface area contributed by atoms with Crippen molar-refractivity contribution >= 4 is 27.3 Å². The fourth-order valence-corrected chi connectivity index (χ4v) is 3.42. The highest BCUT2D eigenvalue weighted by Crippen LogP contribution is 2.16. The second kappa shape index (κ2) is 8.31. The van der Waals surface area contributed by atoms with Crippen molar-refractivity contribution in [2.75, 3.05) is 37.1 Å². The fraction of sp³-hybridized carbons (Fsp3) is 0.562. The molecule has 0 saturated carbocycles. The number of hydrogen-bond donors (Lipinski definition) is 1. The van der Waals surface area contributed by atoms with Gasteiger partial charge in [-0.3, -0.25) is 4.79 Å². The quantitative estimate of drug-likeness (QED) is 0.786. The van der Waals surface area contributed by atoms with Gasteiger partial charge >= 0.3 is 0 Å². The van der Waals surface area contributed by atoms with E-state index in [0.29, 0.717) is 12.1 Å². The number of amides is 1. The summed E-state index contributed by atoms with van der Waals surface area (Å²) in [7, 11) is 0.581. The van der Waals surface area contributed by atoms with Crippen molar-refractivity contribution in [1.82, 2.24) is 4.31 Å². The maximum atomic E-state index is 12.0. The number of carbonyl (C=O) groups excluding carboxylic acids is 1. The molecule has 1 rings (SSSR count). The van der Waals surface area contributed by atoms with Gasteiger partial charge in [0, 0.05) is 44.5 Å². The van der Waals surface area contributed by atoms with Crippen LogP contribution in [0.5, 0.6) is 0 Å². The van der Waals surface area contributed by atoms with Crippen LogP contribution in [-0.4, -0.2) is 51.6 Å². The zero-order chi connectivity index (χ0) is 17.6. The lowest BCUT2D eigenvalue weighted by molar-refractivity contribution is -0.116. The van der Waals surface area contributed by atoms with E-state index in [9.17, 15) is 13.2 Å². The monoisotopic (exact) mass is 341 g/mol. The molecule has 1 aromatic rings. The number of benzene rings is 1. The normalized spacial score (nSPS) is 13.0. The zero-order valence-corrected chi connectivity index (χ0v) is 15.4. The van der Waals surface area contributed by atoms with Crippen molar-refractivity contribution in [1.29, 1.82) is 0 Å². The van der Waals surface area contributed by atoms with Gasteiger partial charge in [-0.15, -0.1) is 0 Å². The third-order valence-electron chi connectivity index (χ3n) is 3.74. The molecular formula is C16H27N3O3S. The van der Waals surface area contributed by atoms with Crippen LogP contribution < -0.4 is 10.2 Å². The molecule has 0 spiro atoms. The van der Waals surface area contributed by atoms with E-state index in [2.05, 4.69) is 5.32 Å². The summed E-state index contributed by atoms with van der Waals surface area (Å²) < 4.78 is 25.0. The first-order valence-electron chi connectivity index (χ1n) is 7.69. The number of hydrogen-bond acceptors (Lipinski definition) is 4. The third-order valence-corrected chi connectivity index (χ3v) is 5.13. The van der Waals surface area contributed by atoms with Crippen LogP contribution in [0.2, 0.25) is 0 Å². The molecule has 0 aliphatic carbocycles. The van der Waals surface area contributed by atoms with E-state index in [4.69, 9.17) is 0 Å². The number of sulfonamides is 1. The molecule has 0 radical (unpaired) electrons. The van der Waals surface area contributed by atoms with Crippen LogP contribution in [0.1, 0.15) is 26.7 Å². The second-order valence-electron chi connectivity index (χ2n) is 5.87. The SMILES string of the molecule is CCC(C)N(CCC(=O)Nc1ccc(N(C)C)cc1)S(C)(=O)=O. The number of nitrogens with zero attached hydrogens (tertiary/aromatic N) is 2. The van der Waals surface area contributed by atoms with Crippen molar-refractivity contribution in [2.24, 2.45) is 0 Å². The highest BCUT2D eigenvalue weighted by Gasteiger charge is 2.22. The van der Waals surface area contributed by atoms with Gasteiger partial charge in [-0.2, -0.15) is 4.31 Å². The van der Waals surface area contributed by atoms with E-state index in [-0.39, 0.29) is 24.9 Å². The second-order valence-corrected chi connectivity index (χ2v) is 7.81. The van der Waals surface area contributed by atoms with Crippen LogP contribution in [0.3, 0.4) is 0 Å². The third kappa shape index (κ3) is 6.19. The van der Waals surface area contributed by atoms with Gasteiger partial charge < -0.3 is 10.2 Å². The molecule has 1 atom stereocenters. The number of nitrogens with one attached hydrogen (secondary N) is 1. The van der Waals surface area contributed by atoms with Gasteiger partial charge in [0.25, 0.3) is 0 Å². The average molecular weight is 341 g/mol. The maximum Gasteiger partial charge on any atom is 0.225 e. The Morgan fingerprint density at radius 1 is 1.22 bits per heavy atom. The number of anilines is 2. The highest BCUT2D eigenvalue weighted by atomic mass is 32.2. The highest BCUT2D eigenvalue weighted by molar-refractivity contribution is 7.88. The van der Waals surface area contributed by atoms with Crippen molar-refractivity contribution in [3.8, 4) is 0 Å². The van der Waals surface area contributed by atoms with Gasteiger partial charge in [-0.1, -0.05) is 6.92 Å². The van der Waals surface area contributed by atoms with Crippen molar-refractivity contribution in [3.63, 3.8) is 0 Å². The summed E-state index contributed by atoms with van der Waals surface area (Å²) >= 11 is 0. The van der Waals surface area contributed by atoms with Gasteiger partial charge in [0.1, 0.15) is 0 Å². The smallest absolute Gasteiger partial charge is 0.225 e. The maximum absolute atomic E-state index is 12.0. The van der Waals surface area contributed by atoms with Crippen LogP contribution in [0, 0.1) is 0 Å². The van der Waals surface area contributed by atoms with Crippen LogP contribution >= 0.6 is 0 Å².